The lowest BCUT2D eigenvalue weighted by molar-refractivity contribution is 0.354. The highest BCUT2D eigenvalue weighted by molar-refractivity contribution is 6.31. The Bertz CT molecular complexity index is 596. The van der Waals surface area contributed by atoms with E-state index in [1.54, 1.807) is 0 Å². The smallest absolute Gasteiger partial charge is 0.127 e. The molecule has 0 spiro atoms. The normalized spacial score (nSPS) is 12.9. The summed E-state index contributed by atoms with van der Waals surface area (Å²) in [6.45, 7) is 1.42. The second-order valence-corrected chi connectivity index (χ2v) is 5.38. The van der Waals surface area contributed by atoms with Crippen LogP contribution < -0.4 is 10.1 Å². The van der Waals surface area contributed by atoms with E-state index in [1.165, 1.54) is 5.56 Å². The van der Waals surface area contributed by atoms with Crippen LogP contribution in [0.1, 0.15) is 11.1 Å². The Kier molecular flexibility index (Phi) is 3.54. The lowest BCUT2D eigenvalue weighted by Gasteiger charge is -2.11. The lowest BCUT2D eigenvalue weighted by Crippen LogP contribution is -2.01. The zero-order valence-corrected chi connectivity index (χ0v) is 11.8. The molecule has 1 aliphatic heterocycles. The van der Waals surface area contributed by atoms with Crippen LogP contribution in [-0.2, 0) is 13.0 Å². The van der Waals surface area contributed by atoms with Gasteiger partial charge in [0.25, 0.3) is 0 Å². The van der Waals surface area contributed by atoms with Crippen molar-refractivity contribution in [2.75, 3.05) is 11.9 Å². The molecule has 1 aliphatic rings. The third-order valence-electron chi connectivity index (χ3n) is 3.15. The molecule has 0 fully saturated rings. The second-order valence-electron chi connectivity index (χ2n) is 4.51. The molecule has 0 amide bonds. The van der Waals surface area contributed by atoms with Crippen molar-refractivity contribution >= 4 is 28.9 Å². The van der Waals surface area contributed by atoms with Crippen LogP contribution in [-0.4, -0.2) is 6.61 Å². The fraction of sp³-hybridized carbons (Fsp3) is 0.200. The molecule has 0 saturated heterocycles. The van der Waals surface area contributed by atoms with Gasteiger partial charge in [0, 0.05) is 34.3 Å². The third kappa shape index (κ3) is 2.80. The molecule has 2 nitrogen and oxygen atoms in total. The second kappa shape index (κ2) is 5.32. The molecule has 1 N–H and O–H groups in total. The highest BCUT2D eigenvalue weighted by atomic mass is 35.5. The van der Waals surface area contributed by atoms with Gasteiger partial charge >= 0.3 is 0 Å². The van der Waals surface area contributed by atoms with Gasteiger partial charge in [0.05, 0.1) is 6.61 Å². The first-order chi connectivity index (χ1) is 9.22. The lowest BCUT2D eigenvalue weighted by atomic mass is 10.1. The molecule has 2 aromatic carbocycles. The van der Waals surface area contributed by atoms with E-state index in [9.17, 15) is 0 Å². The Morgan fingerprint density at radius 1 is 1.05 bits per heavy atom. The zero-order valence-electron chi connectivity index (χ0n) is 10.2. The van der Waals surface area contributed by atoms with Crippen molar-refractivity contribution in [1.82, 2.24) is 0 Å². The summed E-state index contributed by atoms with van der Waals surface area (Å²) in [5.41, 5.74) is 3.31. The number of halogens is 2. The maximum atomic E-state index is 6.13. The van der Waals surface area contributed by atoms with Crippen LogP contribution in [0.2, 0.25) is 10.0 Å². The fourth-order valence-corrected chi connectivity index (χ4v) is 2.63. The van der Waals surface area contributed by atoms with E-state index in [1.807, 2.05) is 36.4 Å². The fourth-order valence-electron chi connectivity index (χ4n) is 2.24. The maximum Gasteiger partial charge on any atom is 0.127 e. The highest BCUT2D eigenvalue weighted by Crippen LogP contribution is 2.33. The minimum absolute atomic E-state index is 0.685. The summed E-state index contributed by atoms with van der Waals surface area (Å²) in [6.07, 6.45) is 0.934. The standard InChI is InChI=1S/C15H13Cl2NO/c16-12-1-3-14(4-2-12)18-9-11-8-13(17)7-10-5-6-19-15(10)11/h1-4,7-8,18H,5-6,9H2. The number of hydrogen-bond donors (Lipinski definition) is 1. The molecule has 0 bridgehead atoms. The highest BCUT2D eigenvalue weighted by Gasteiger charge is 2.17. The third-order valence-corrected chi connectivity index (χ3v) is 3.62. The maximum absolute atomic E-state index is 6.13. The van der Waals surface area contributed by atoms with Gasteiger partial charge in [-0.15, -0.1) is 0 Å². The number of nitrogens with one attached hydrogen (secondary N) is 1. The Morgan fingerprint density at radius 3 is 2.63 bits per heavy atom. The molecule has 0 radical (unpaired) electrons. The molecule has 0 aliphatic carbocycles. The minimum Gasteiger partial charge on any atom is -0.493 e. The topological polar surface area (TPSA) is 21.3 Å². The molecule has 0 atom stereocenters. The van der Waals surface area contributed by atoms with E-state index in [0.29, 0.717) is 6.54 Å². The van der Waals surface area contributed by atoms with Crippen molar-refractivity contribution < 1.29 is 4.74 Å². The van der Waals surface area contributed by atoms with Gasteiger partial charge < -0.3 is 10.1 Å². The molecule has 0 unspecified atom stereocenters. The number of hydrogen-bond acceptors (Lipinski definition) is 2. The van der Waals surface area contributed by atoms with Gasteiger partial charge in [-0.2, -0.15) is 0 Å². The van der Waals surface area contributed by atoms with Crippen LogP contribution in [0.25, 0.3) is 0 Å². The van der Waals surface area contributed by atoms with Crippen molar-refractivity contribution in [3.05, 3.63) is 57.6 Å². The van der Waals surface area contributed by atoms with Gasteiger partial charge in [-0.05, 0) is 42.0 Å². The number of anilines is 1. The summed E-state index contributed by atoms with van der Waals surface area (Å²) in [7, 11) is 0. The summed E-state index contributed by atoms with van der Waals surface area (Å²) >= 11 is 12.0. The number of rotatable bonds is 3. The molecule has 19 heavy (non-hydrogen) atoms. The molecular formula is C15H13Cl2NO. The molecule has 98 valence electrons. The number of benzene rings is 2. The van der Waals surface area contributed by atoms with Gasteiger partial charge in [0.2, 0.25) is 0 Å². The molecule has 0 saturated carbocycles. The summed E-state index contributed by atoms with van der Waals surface area (Å²) in [5.74, 6) is 0.978. The number of fused-ring (bicyclic) bond motifs is 1. The predicted molar refractivity (Wildman–Crippen MR) is 79.4 cm³/mol. The Labute approximate surface area is 122 Å². The van der Waals surface area contributed by atoms with Gasteiger partial charge in [0.15, 0.2) is 0 Å². The van der Waals surface area contributed by atoms with Gasteiger partial charge in [-0.1, -0.05) is 23.2 Å². The van der Waals surface area contributed by atoms with E-state index in [0.717, 1.165) is 40.1 Å². The Morgan fingerprint density at radius 2 is 1.84 bits per heavy atom. The zero-order chi connectivity index (χ0) is 13.2. The molecule has 2 aromatic rings. The van der Waals surface area contributed by atoms with Crippen LogP contribution in [0.4, 0.5) is 5.69 Å². The van der Waals surface area contributed by atoms with Gasteiger partial charge in [-0.25, -0.2) is 0 Å². The first-order valence-corrected chi connectivity index (χ1v) is 6.91. The molecule has 3 rings (SSSR count). The van der Waals surface area contributed by atoms with Crippen molar-refractivity contribution in [1.29, 1.82) is 0 Å². The van der Waals surface area contributed by atoms with Crippen molar-refractivity contribution in [2.45, 2.75) is 13.0 Å². The van der Waals surface area contributed by atoms with Gasteiger partial charge in [0.1, 0.15) is 5.75 Å². The summed E-state index contributed by atoms with van der Waals surface area (Å²) < 4.78 is 5.67. The van der Waals surface area contributed by atoms with E-state index >= 15 is 0 Å². The van der Waals surface area contributed by atoms with E-state index in [4.69, 9.17) is 27.9 Å². The largest absolute Gasteiger partial charge is 0.493 e. The summed E-state index contributed by atoms with van der Waals surface area (Å²) in [4.78, 5) is 0. The summed E-state index contributed by atoms with van der Waals surface area (Å²) in [6, 6.07) is 11.6. The first-order valence-electron chi connectivity index (χ1n) is 6.16. The average molecular weight is 294 g/mol. The van der Waals surface area contributed by atoms with Gasteiger partial charge in [-0.3, -0.25) is 0 Å². The molecular weight excluding hydrogens is 281 g/mol. The first kappa shape index (κ1) is 12.6. The number of ether oxygens (including phenoxy) is 1. The van der Waals surface area contributed by atoms with Crippen LogP contribution >= 0.6 is 23.2 Å². The quantitative estimate of drug-likeness (QED) is 0.897. The van der Waals surface area contributed by atoms with Crippen molar-refractivity contribution in [3.8, 4) is 5.75 Å². The van der Waals surface area contributed by atoms with Crippen molar-refractivity contribution in [3.63, 3.8) is 0 Å². The Balaban J connectivity index is 1.78. The molecule has 0 aromatic heterocycles. The Hall–Kier alpha value is -1.38. The van der Waals surface area contributed by atoms with Crippen LogP contribution in [0.5, 0.6) is 5.75 Å². The average Bonchev–Trinajstić information content (AvgIpc) is 2.85. The van der Waals surface area contributed by atoms with E-state index in [-0.39, 0.29) is 0 Å². The molecule has 1 heterocycles. The SMILES string of the molecule is Clc1ccc(NCc2cc(Cl)cc3c2OCC3)cc1. The van der Waals surface area contributed by atoms with Crippen LogP contribution in [0, 0.1) is 0 Å². The van der Waals surface area contributed by atoms with Crippen LogP contribution in [0.3, 0.4) is 0 Å². The van der Waals surface area contributed by atoms with Crippen LogP contribution in [0.15, 0.2) is 36.4 Å². The monoisotopic (exact) mass is 293 g/mol. The van der Waals surface area contributed by atoms with Crippen molar-refractivity contribution in [2.24, 2.45) is 0 Å². The molecule has 4 heteroatoms. The summed E-state index contributed by atoms with van der Waals surface area (Å²) in [5, 5.41) is 4.84. The minimum atomic E-state index is 0.685. The van der Waals surface area contributed by atoms with E-state index in [2.05, 4.69) is 5.32 Å². The predicted octanol–water partition coefficient (Wildman–Crippen LogP) is 4.54. The van der Waals surface area contributed by atoms with E-state index < -0.39 is 0 Å².